The Bertz CT molecular complexity index is 1040. The average Bonchev–Trinajstić information content (AvgIpc) is 3.03. The highest BCUT2D eigenvalue weighted by Gasteiger charge is 2.21. The number of fused-ring (bicyclic) bond motifs is 1. The Balaban J connectivity index is 1.68. The van der Waals surface area contributed by atoms with E-state index >= 15 is 0 Å². The lowest BCUT2D eigenvalue weighted by atomic mass is 9.92. The van der Waals surface area contributed by atoms with Gasteiger partial charge in [-0.1, -0.05) is 6.07 Å². The Morgan fingerprint density at radius 3 is 2.75 bits per heavy atom. The predicted octanol–water partition coefficient (Wildman–Crippen LogP) is 5.11. The molecule has 2 N–H and O–H groups in total. The van der Waals surface area contributed by atoms with Crippen LogP contribution in [-0.4, -0.2) is 26.5 Å². The molecule has 0 radical (unpaired) electrons. The van der Waals surface area contributed by atoms with E-state index in [1.54, 1.807) is 0 Å². The van der Waals surface area contributed by atoms with Crippen LogP contribution in [0.15, 0.2) is 35.2 Å². The first kappa shape index (κ1) is 18.9. The molecule has 7 heteroatoms. The maximum Gasteiger partial charge on any atom is 0.251 e. The molecule has 1 fully saturated rings. The summed E-state index contributed by atoms with van der Waals surface area (Å²) in [5.74, 6) is 0.704. The van der Waals surface area contributed by atoms with E-state index in [-0.39, 0.29) is 11.9 Å². The number of aromatic nitrogens is 3. The highest BCUT2D eigenvalue weighted by Crippen LogP contribution is 2.30. The lowest BCUT2D eigenvalue weighted by Gasteiger charge is -2.26. The highest BCUT2D eigenvalue weighted by molar-refractivity contribution is 9.10. The maximum atomic E-state index is 12.7. The molecule has 0 bridgehead atoms. The molecule has 146 valence electrons. The van der Waals surface area contributed by atoms with Crippen LogP contribution >= 0.6 is 15.9 Å². The van der Waals surface area contributed by atoms with E-state index < -0.39 is 0 Å². The first-order valence-electron chi connectivity index (χ1n) is 9.64. The van der Waals surface area contributed by atoms with Crippen molar-refractivity contribution in [3.8, 4) is 0 Å². The van der Waals surface area contributed by atoms with Crippen molar-refractivity contribution in [2.45, 2.75) is 52.1 Å². The summed E-state index contributed by atoms with van der Waals surface area (Å²) in [4.78, 5) is 21.8. The molecular weight excluding hydrogens is 418 g/mol. The normalized spacial score (nSPS) is 14.3. The zero-order chi connectivity index (χ0) is 19.8. The molecule has 2 aromatic heterocycles. The largest absolute Gasteiger partial charge is 0.349 e. The molecule has 0 atom stereocenters. The molecule has 1 saturated carbocycles. The molecule has 3 aromatic rings. The van der Waals surface area contributed by atoms with Crippen LogP contribution < -0.4 is 10.6 Å². The number of aryl methyl sites for hydroxylation is 1. The summed E-state index contributed by atoms with van der Waals surface area (Å²) in [6.45, 7) is 6.19. The van der Waals surface area contributed by atoms with E-state index in [1.807, 2.05) is 37.5 Å². The van der Waals surface area contributed by atoms with E-state index in [0.29, 0.717) is 22.0 Å². The number of benzene rings is 1. The number of rotatable bonds is 5. The minimum absolute atomic E-state index is 0.00887. The summed E-state index contributed by atoms with van der Waals surface area (Å²) in [7, 11) is 0. The van der Waals surface area contributed by atoms with Gasteiger partial charge in [0.15, 0.2) is 5.82 Å². The SMILES string of the molecule is Cc1ccc(Nc2nc(Br)cc3ncn(C(C)C)c23)cc1C(=O)NC1CCC1. The molecule has 0 saturated heterocycles. The first-order valence-corrected chi connectivity index (χ1v) is 10.4. The Morgan fingerprint density at radius 1 is 1.29 bits per heavy atom. The lowest BCUT2D eigenvalue weighted by molar-refractivity contribution is 0.0916. The summed E-state index contributed by atoms with van der Waals surface area (Å²) in [5, 5.41) is 6.51. The van der Waals surface area contributed by atoms with Gasteiger partial charge in [0.1, 0.15) is 10.1 Å². The van der Waals surface area contributed by atoms with Gasteiger partial charge in [0.2, 0.25) is 0 Å². The molecule has 1 amide bonds. The molecule has 6 nitrogen and oxygen atoms in total. The van der Waals surface area contributed by atoms with Gasteiger partial charge in [0, 0.05) is 23.3 Å². The Hall–Kier alpha value is -2.41. The number of amides is 1. The summed E-state index contributed by atoms with van der Waals surface area (Å²) < 4.78 is 2.81. The lowest BCUT2D eigenvalue weighted by Crippen LogP contribution is -2.39. The number of carbonyl (C=O) groups excluding carboxylic acids is 1. The van der Waals surface area contributed by atoms with Crippen molar-refractivity contribution in [2.75, 3.05) is 5.32 Å². The third-order valence-corrected chi connectivity index (χ3v) is 5.67. The molecule has 0 unspecified atom stereocenters. The molecule has 4 rings (SSSR count). The van der Waals surface area contributed by atoms with Crippen LogP contribution in [-0.2, 0) is 0 Å². The second kappa shape index (κ2) is 7.54. The van der Waals surface area contributed by atoms with E-state index in [1.165, 1.54) is 6.42 Å². The van der Waals surface area contributed by atoms with Crippen LogP contribution in [0.1, 0.15) is 55.1 Å². The van der Waals surface area contributed by atoms with E-state index in [2.05, 4.69) is 54.9 Å². The average molecular weight is 442 g/mol. The van der Waals surface area contributed by atoms with Gasteiger partial charge >= 0.3 is 0 Å². The minimum Gasteiger partial charge on any atom is -0.349 e. The van der Waals surface area contributed by atoms with Crippen molar-refractivity contribution in [2.24, 2.45) is 0 Å². The molecule has 1 aliphatic rings. The van der Waals surface area contributed by atoms with Crippen LogP contribution in [0.5, 0.6) is 0 Å². The fraction of sp³-hybridized carbons (Fsp3) is 0.381. The summed E-state index contributed by atoms with van der Waals surface area (Å²) >= 11 is 3.47. The van der Waals surface area contributed by atoms with Crippen molar-refractivity contribution in [3.05, 3.63) is 46.3 Å². The predicted molar refractivity (Wildman–Crippen MR) is 115 cm³/mol. The van der Waals surface area contributed by atoms with Gasteiger partial charge in [0.25, 0.3) is 5.91 Å². The molecular formula is C21H24BrN5O. The number of hydrogen-bond acceptors (Lipinski definition) is 4. The Morgan fingerprint density at radius 2 is 2.07 bits per heavy atom. The Kier molecular flexibility index (Phi) is 5.10. The topological polar surface area (TPSA) is 71.8 Å². The van der Waals surface area contributed by atoms with Gasteiger partial charge in [-0.15, -0.1) is 0 Å². The molecule has 1 aliphatic carbocycles. The van der Waals surface area contributed by atoms with Gasteiger partial charge in [-0.2, -0.15) is 0 Å². The molecule has 28 heavy (non-hydrogen) atoms. The first-order chi connectivity index (χ1) is 13.4. The van der Waals surface area contributed by atoms with E-state index in [0.717, 1.165) is 35.1 Å². The molecule has 2 heterocycles. The van der Waals surface area contributed by atoms with Crippen molar-refractivity contribution >= 4 is 44.4 Å². The van der Waals surface area contributed by atoms with Crippen LogP contribution in [0.3, 0.4) is 0 Å². The van der Waals surface area contributed by atoms with Crippen molar-refractivity contribution in [1.82, 2.24) is 19.9 Å². The number of nitrogens with one attached hydrogen (secondary N) is 2. The quantitative estimate of drug-likeness (QED) is 0.539. The Labute approximate surface area is 172 Å². The number of imidazole rings is 1. The monoisotopic (exact) mass is 441 g/mol. The molecule has 0 spiro atoms. The third kappa shape index (κ3) is 3.63. The van der Waals surface area contributed by atoms with E-state index in [4.69, 9.17) is 0 Å². The van der Waals surface area contributed by atoms with Gasteiger partial charge in [-0.3, -0.25) is 4.79 Å². The van der Waals surface area contributed by atoms with Crippen molar-refractivity contribution in [1.29, 1.82) is 0 Å². The zero-order valence-corrected chi connectivity index (χ0v) is 17.9. The number of nitrogens with zero attached hydrogens (tertiary/aromatic N) is 3. The molecule has 0 aliphatic heterocycles. The van der Waals surface area contributed by atoms with Gasteiger partial charge in [0.05, 0.1) is 11.8 Å². The number of anilines is 2. The van der Waals surface area contributed by atoms with Crippen LogP contribution in [0.4, 0.5) is 11.5 Å². The number of pyridine rings is 1. The van der Waals surface area contributed by atoms with Crippen molar-refractivity contribution < 1.29 is 4.79 Å². The van der Waals surface area contributed by atoms with Crippen LogP contribution in [0, 0.1) is 6.92 Å². The van der Waals surface area contributed by atoms with Gasteiger partial charge < -0.3 is 15.2 Å². The van der Waals surface area contributed by atoms with Crippen molar-refractivity contribution in [3.63, 3.8) is 0 Å². The fourth-order valence-electron chi connectivity index (χ4n) is 3.41. The summed E-state index contributed by atoms with van der Waals surface area (Å²) in [6, 6.07) is 8.32. The molecule has 1 aromatic carbocycles. The van der Waals surface area contributed by atoms with Gasteiger partial charge in [-0.25, -0.2) is 9.97 Å². The second-order valence-corrected chi connectivity index (χ2v) is 8.48. The maximum absolute atomic E-state index is 12.7. The zero-order valence-electron chi connectivity index (χ0n) is 16.3. The van der Waals surface area contributed by atoms with Crippen LogP contribution in [0.25, 0.3) is 11.0 Å². The highest BCUT2D eigenvalue weighted by atomic mass is 79.9. The summed E-state index contributed by atoms with van der Waals surface area (Å²) in [6.07, 6.45) is 5.17. The summed E-state index contributed by atoms with van der Waals surface area (Å²) in [5.41, 5.74) is 4.29. The fourth-order valence-corrected chi connectivity index (χ4v) is 3.80. The second-order valence-electron chi connectivity index (χ2n) is 7.66. The minimum atomic E-state index is -0.00887. The standard InChI is InChI=1S/C21H24BrN5O/c1-12(2)27-11-23-17-10-18(22)26-20(19(17)27)24-15-8-7-13(3)16(9-15)21(28)25-14-5-4-6-14/h7-12,14H,4-6H2,1-3H3,(H,24,26)(H,25,28). The van der Waals surface area contributed by atoms with E-state index in [9.17, 15) is 4.79 Å². The van der Waals surface area contributed by atoms with Gasteiger partial charge in [-0.05, 0) is 79.7 Å². The number of carbonyl (C=O) groups is 1. The number of halogens is 1. The van der Waals surface area contributed by atoms with Crippen LogP contribution in [0.2, 0.25) is 0 Å². The third-order valence-electron chi connectivity index (χ3n) is 5.26. The number of hydrogen-bond donors (Lipinski definition) is 2. The smallest absolute Gasteiger partial charge is 0.251 e.